The Morgan fingerprint density at radius 1 is 1.27 bits per heavy atom. The Morgan fingerprint density at radius 3 is 2.60 bits per heavy atom. The van der Waals surface area contributed by atoms with Crippen LogP contribution in [0.2, 0.25) is 0 Å². The summed E-state index contributed by atoms with van der Waals surface area (Å²) in [5, 5.41) is 7.00. The van der Waals surface area contributed by atoms with Crippen LogP contribution in [-0.4, -0.2) is 15.0 Å². The van der Waals surface area contributed by atoms with Crippen molar-refractivity contribution in [3.05, 3.63) is 40.6 Å². The van der Waals surface area contributed by atoms with Gasteiger partial charge >= 0.3 is 0 Å². The Labute approximate surface area is 92.8 Å². The lowest BCUT2D eigenvalue weighted by molar-refractivity contribution is 0.146. The molecule has 0 aliphatic rings. The summed E-state index contributed by atoms with van der Waals surface area (Å²) < 4.78 is 26.6. The van der Waals surface area contributed by atoms with Gasteiger partial charge in [-0.15, -0.1) is 5.10 Å². The Hall–Kier alpha value is -1.30. The van der Waals surface area contributed by atoms with E-state index in [9.17, 15) is 8.78 Å². The first kappa shape index (κ1) is 10.2. The van der Waals surface area contributed by atoms with Crippen molar-refractivity contribution >= 4 is 15.9 Å². The van der Waals surface area contributed by atoms with Crippen LogP contribution < -0.4 is 0 Å². The van der Waals surface area contributed by atoms with E-state index in [2.05, 4.69) is 26.2 Å². The van der Waals surface area contributed by atoms with E-state index in [4.69, 9.17) is 0 Å². The second-order valence-corrected chi connectivity index (χ2v) is 3.69. The first-order chi connectivity index (χ1) is 7.18. The van der Waals surface area contributed by atoms with E-state index in [-0.39, 0.29) is 5.69 Å². The molecule has 78 valence electrons. The molecule has 15 heavy (non-hydrogen) atoms. The van der Waals surface area contributed by atoms with Gasteiger partial charge in [-0.25, -0.2) is 13.5 Å². The van der Waals surface area contributed by atoms with Gasteiger partial charge in [-0.05, 0) is 28.1 Å². The van der Waals surface area contributed by atoms with Gasteiger partial charge < -0.3 is 0 Å². The normalized spacial score (nSPS) is 10.9. The highest BCUT2D eigenvalue weighted by molar-refractivity contribution is 9.10. The molecule has 0 bridgehead atoms. The Balaban J connectivity index is 2.42. The first-order valence-corrected chi connectivity index (χ1v) is 4.93. The zero-order chi connectivity index (χ0) is 10.8. The summed E-state index contributed by atoms with van der Waals surface area (Å²) >= 11 is 3.30. The van der Waals surface area contributed by atoms with Crippen molar-refractivity contribution in [1.29, 1.82) is 0 Å². The van der Waals surface area contributed by atoms with Gasteiger partial charge in [-0.3, -0.25) is 0 Å². The number of alkyl halides is 2. The summed E-state index contributed by atoms with van der Waals surface area (Å²) in [6.45, 7) is 0. The number of benzene rings is 1. The molecule has 0 spiro atoms. The molecule has 0 aliphatic carbocycles. The Bertz CT molecular complexity index is 470. The van der Waals surface area contributed by atoms with Gasteiger partial charge in [0.15, 0.2) is 0 Å². The molecule has 1 aromatic heterocycles. The lowest BCUT2D eigenvalue weighted by atomic mass is 10.3. The van der Waals surface area contributed by atoms with Crippen LogP contribution in [-0.2, 0) is 0 Å². The van der Waals surface area contributed by atoms with E-state index < -0.39 is 6.43 Å². The summed E-state index contributed by atoms with van der Waals surface area (Å²) in [7, 11) is 0. The monoisotopic (exact) mass is 273 g/mol. The molecule has 0 atom stereocenters. The van der Waals surface area contributed by atoms with E-state index in [0.717, 1.165) is 4.47 Å². The molecule has 1 heterocycles. The summed E-state index contributed by atoms with van der Waals surface area (Å²) in [5.41, 5.74) is 0.350. The van der Waals surface area contributed by atoms with Crippen molar-refractivity contribution < 1.29 is 8.78 Å². The fraction of sp³-hybridized carbons (Fsp3) is 0.111. The van der Waals surface area contributed by atoms with Crippen molar-refractivity contribution in [3.63, 3.8) is 0 Å². The van der Waals surface area contributed by atoms with Crippen LogP contribution in [0.3, 0.4) is 0 Å². The maximum absolute atomic E-state index is 12.3. The van der Waals surface area contributed by atoms with Crippen LogP contribution >= 0.6 is 15.9 Å². The molecule has 0 radical (unpaired) electrons. The lowest BCUT2D eigenvalue weighted by Gasteiger charge is -2.01. The fourth-order valence-electron chi connectivity index (χ4n) is 1.13. The highest BCUT2D eigenvalue weighted by atomic mass is 79.9. The van der Waals surface area contributed by atoms with Crippen molar-refractivity contribution in [2.75, 3.05) is 0 Å². The molecule has 0 N–H and O–H groups in total. The molecule has 0 amide bonds. The number of nitrogens with zero attached hydrogens (tertiary/aromatic N) is 3. The highest BCUT2D eigenvalue weighted by Crippen LogP contribution is 2.21. The summed E-state index contributed by atoms with van der Waals surface area (Å²) in [6, 6.07) is 7.19. The minimum absolute atomic E-state index is 0.328. The second-order valence-electron chi connectivity index (χ2n) is 2.84. The van der Waals surface area contributed by atoms with Crippen molar-refractivity contribution in [2.24, 2.45) is 0 Å². The zero-order valence-corrected chi connectivity index (χ0v) is 9.03. The predicted molar refractivity (Wildman–Crippen MR) is 54.0 cm³/mol. The van der Waals surface area contributed by atoms with E-state index in [0.29, 0.717) is 5.69 Å². The largest absolute Gasteiger partial charge is 0.283 e. The third kappa shape index (κ3) is 2.04. The van der Waals surface area contributed by atoms with Crippen molar-refractivity contribution in [2.45, 2.75) is 6.43 Å². The van der Waals surface area contributed by atoms with Gasteiger partial charge in [0, 0.05) is 4.47 Å². The molecule has 0 saturated carbocycles. The first-order valence-electron chi connectivity index (χ1n) is 4.14. The number of para-hydroxylation sites is 1. The molecule has 2 aromatic rings. The second kappa shape index (κ2) is 4.06. The van der Waals surface area contributed by atoms with E-state index >= 15 is 0 Å². The van der Waals surface area contributed by atoms with Gasteiger partial charge in [0.2, 0.25) is 0 Å². The van der Waals surface area contributed by atoms with Crippen molar-refractivity contribution in [1.82, 2.24) is 15.0 Å². The summed E-state index contributed by atoms with van der Waals surface area (Å²) in [6.07, 6.45) is -1.38. The van der Waals surface area contributed by atoms with E-state index in [1.54, 1.807) is 18.2 Å². The number of rotatable bonds is 2. The number of halogens is 3. The van der Waals surface area contributed by atoms with Crippen LogP contribution in [0.15, 0.2) is 34.9 Å². The molecule has 6 heteroatoms. The third-order valence-corrected chi connectivity index (χ3v) is 2.50. The van der Waals surface area contributed by atoms with Crippen LogP contribution in [0.1, 0.15) is 12.1 Å². The molecule has 0 aliphatic heterocycles. The maximum Gasteiger partial charge on any atom is 0.283 e. The molecular formula is C9H6BrF2N3. The summed E-state index contributed by atoms with van der Waals surface area (Å²) in [4.78, 5) is 0. The Kier molecular flexibility index (Phi) is 2.77. The average Bonchev–Trinajstić information content (AvgIpc) is 2.67. The van der Waals surface area contributed by atoms with Crippen LogP contribution in [0, 0.1) is 0 Å². The minimum atomic E-state index is -2.60. The quantitative estimate of drug-likeness (QED) is 0.842. The maximum atomic E-state index is 12.3. The average molecular weight is 274 g/mol. The third-order valence-electron chi connectivity index (χ3n) is 1.83. The number of aromatic nitrogens is 3. The van der Waals surface area contributed by atoms with Crippen LogP contribution in [0.4, 0.5) is 8.78 Å². The molecule has 0 unspecified atom stereocenters. The SMILES string of the molecule is FC(F)c1cn(-c2ccccc2Br)nn1. The van der Waals surface area contributed by atoms with Gasteiger partial charge in [-0.1, -0.05) is 17.3 Å². The zero-order valence-electron chi connectivity index (χ0n) is 7.44. The van der Waals surface area contributed by atoms with Crippen LogP contribution in [0.25, 0.3) is 5.69 Å². The predicted octanol–water partition coefficient (Wildman–Crippen LogP) is 2.97. The van der Waals surface area contributed by atoms with Crippen molar-refractivity contribution in [3.8, 4) is 5.69 Å². The van der Waals surface area contributed by atoms with Gasteiger partial charge in [0.1, 0.15) is 5.69 Å². The smallest absolute Gasteiger partial charge is 0.219 e. The lowest BCUT2D eigenvalue weighted by Crippen LogP contribution is -1.95. The van der Waals surface area contributed by atoms with Gasteiger partial charge in [0.05, 0.1) is 11.9 Å². The van der Waals surface area contributed by atoms with Gasteiger partial charge in [0.25, 0.3) is 6.43 Å². The highest BCUT2D eigenvalue weighted by Gasteiger charge is 2.13. The standard InChI is InChI=1S/C9H6BrF2N3/c10-6-3-1-2-4-8(6)15-5-7(9(11)12)13-14-15/h1-5,9H. The fourth-order valence-corrected chi connectivity index (χ4v) is 1.60. The number of hydrogen-bond acceptors (Lipinski definition) is 2. The molecule has 0 fully saturated rings. The molecule has 3 nitrogen and oxygen atoms in total. The van der Waals surface area contributed by atoms with E-state index in [1.165, 1.54) is 10.9 Å². The molecule has 2 rings (SSSR count). The molecular weight excluding hydrogens is 268 g/mol. The topological polar surface area (TPSA) is 30.7 Å². The minimum Gasteiger partial charge on any atom is -0.219 e. The van der Waals surface area contributed by atoms with E-state index in [1.807, 2.05) is 6.07 Å². The van der Waals surface area contributed by atoms with Crippen LogP contribution in [0.5, 0.6) is 0 Å². The molecule has 1 aromatic carbocycles. The molecule has 0 saturated heterocycles. The Morgan fingerprint density at radius 2 is 2.00 bits per heavy atom. The van der Waals surface area contributed by atoms with Gasteiger partial charge in [-0.2, -0.15) is 0 Å². The summed E-state index contributed by atoms with van der Waals surface area (Å²) in [5.74, 6) is 0. The number of hydrogen-bond donors (Lipinski definition) is 0.